The number of hydrogen-bond donors (Lipinski definition) is 3. The monoisotopic (exact) mass is 421 g/mol. The Balaban J connectivity index is 1.75. The maximum absolute atomic E-state index is 13.3. The van der Waals surface area contributed by atoms with Gasteiger partial charge in [-0.3, -0.25) is 19.3 Å². The average Bonchev–Trinajstić information content (AvgIpc) is 3.24. The largest absolute Gasteiger partial charge is 0.492 e. The Morgan fingerprint density at radius 1 is 1.35 bits per heavy atom. The van der Waals surface area contributed by atoms with E-state index in [-0.39, 0.29) is 17.0 Å². The molecule has 0 spiro atoms. The van der Waals surface area contributed by atoms with E-state index in [1.54, 1.807) is 18.3 Å². The van der Waals surface area contributed by atoms with Gasteiger partial charge in [-0.15, -0.1) is 0 Å². The smallest absolute Gasteiger partial charge is 0.270 e. The van der Waals surface area contributed by atoms with Crippen molar-refractivity contribution in [2.24, 2.45) is 5.41 Å². The second-order valence-electron chi connectivity index (χ2n) is 9.17. The number of hydrogen-bond acceptors (Lipinski definition) is 6. The zero-order chi connectivity index (χ0) is 21.9. The van der Waals surface area contributed by atoms with Gasteiger partial charge in [0.1, 0.15) is 17.0 Å². The van der Waals surface area contributed by atoms with Crippen LogP contribution in [-0.4, -0.2) is 46.4 Å². The third-order valence-corrected chi connectivity index (χ3v) is 5.20. The minimum absolute atomic E-state index is 0.0502. The van der Waals surface area contributed by atoms with Crippen LogP contribution >= 0.6 is 0 Å². The van der Waals surface area contributed by atoms with Gasteiger partial charge < -0.3 is 10.4 Å². The van der Waals surface area contributed by atoms with Crippen molar-refractivity contribution in [3.05, 3.63) is 40.3 Å². The average molecular weight is 421 g/mol. The molecular weight excluding hydrogens is 398 g/mol. The lowest BCUT2D eigenvalue weighted by atomic mass is 9.97. The van der Waals surface area contributed by atoms with E-state index < -0.39 is 17.3 Å². The van der Waals surface area contributed by atoms with Crippen molar-refractivity contribution >= 4 is 22.6 Å². The van der Waals surface area contributed by atoms with E-state index in [1.165, 1.54) is 9.08 Å². The zero-order valence-corrected chi connectivity index (χ0v) is 17.5. The van der Waals surface area contributed by atoms with E-state index in [1.807, 2.05) is 26.8 Å². The van der Waals surface area contributed by atoms with E-state index in [9.17, 15) is 14.7 Å². The van der Waals surface area contributed by atoms with Crippen LogP contribution in [0.1, 0.15) is 44.0 Å². The molecule has 10 heteroatoms. The number of rotatable bonds is 4. The third-order valence-electron chi connectivity index (χ3n) is 5.20. The lowest BCUT2D eigenvalue weighted by Crippen LogP contribution is -2.37. The molecule has 1 aliphatic rings. The second kappa shape index (κ2) is 6.66. The molecule has 0 radical (unpaired) electrons. The molecule has 5 rings (SSSR count). The Bertz CT molecular complexity index is 1390. The van der Waals surface area contributed by atoms with Crippen LogP contribution < -0.4 is 10.9 Å². The van der Waals surface area contributed by atoms with Crippen LogP contribution in [0.15, 0.2) is 29.2 Å². The molecule has 1 saturated carbocycles. The van der Waals surface area contributed by atoms with Gasteiger partial charge in [0.05, 0.1) is 0 Å². The van der Waals surface area contributed by atoms with Crippen molar-refractivity contribution in [3.8, 4) is 17.3 Å². The summed E-state index contributed by atoms with van der Waals surface area (Å²) in [6.45, 7) is 6.33. The first kappa shape index (κ1) is 19.3. The fourth-order valence-corrected chi connectivity index (χ4v) is 3.64. The van der Waals surface area contributed by atoms with Crippen LogP contribution in [0.25, 0.3) is 28.1 Å². The number of fused-ring (bicyclic) bond motifs is 2. The number of H-pyrrole nitrogens is 1. The highest BCUT2D eigenvalue weighted by Crippen LogP contribution is 2.28. The van der Waals surface area contributed by atoms with Crippen molar-refractivity contribution in [1.82, 2.24) is 34.7 Å². The zero-order valence-electron chi connectivity index (χ0n) is 17.5. The predicted octanol–water partition coefficient (Wildman–Crippen LogP) is 2.08. The molecule has 4 aromatic rings. The molecule has 0 saturated heterocycles. The Kier molecular flexibility index (Phi) is 4.14. The molecule has 0 aromatic carbocycles. The fraction of sp³-hybridized carbons (Fsp3) is 0.381. The Morgan fingerprint density at radius 2 is 2.13 bits per heavy atom. The van der Waals surface area contributed by atoms with E-state index in [2.05, 4.69) is 25.6 Å². The summed E-state index contributed by atoms with van der Waals surface area (Å²) in [5.74, 6) is -1.06. The van der Waals surface area contributed by atoms with Crippen molar-refractivity contribution in [2.75, 3.05) is 0 Å². The number of aromatic amines is 1. The van der Waals surface area contributed by atoms with Crippen molar-refractivity contribution in [2.45, 2.75) is 46.2 Å². The van der Waals surface area contributed by atoms with Crippen LogP contribution in [0.5, 0.6) is 5.88 Å². The summed E-state index contributed by atoms with van der Waals surface area (Å²) in [5.41, 5.74) is 0.899. The first-order valence-electron chi connectivity index (χ1n) is 10.2. The lowest BCUT2D eigenvalue weighted by molar-refractivity contribution is 0.0944. The number of amides is 1. The summed E-state index contributed by atoms with van der Waals surface area (Å²) in [6.07, 6.45) is 3.40. The van der Waals surface area contributed by atoms with Crippen molar-refractivity contribution in [1.29, 1.82) is 0 Å². The molecule has 0 bridgehead atoms. The number of aromatic nitrogens is 6. The molecule has 0 atom stereocenters. The van der Waals surface area contributed by atoms with Crippen LogP contribution in [-0.2, 0) is 6.54 Å². The number of carbonyl (C=O) groups is 1. The van der Waals surface area contributed by atoms with Gasteiger partial charge in [0, 0.05) is 30.2 Å². The Morgan fingerprint density at radius 3 is 2.84 bits per heavy atom. The fourth-order valence-electron chi connectivity index (χ4n) is 3.64. The number of carbonyl (C=O) groups excluding carboxylic acids is 1. The molecule has 1 fully saturated rings. The van der Waals surface area contributed by atoms with Gasteiger partial charge in [-0.25, -0.2) is 4.98 Å². The number of nitrogens with zero attached hydrogens (tertiary/aromatic N) is 5. The summed E-state index contributed by atoms with van der Waals surface area (Å²) in [5, 5.41) is 26.1. The van der Waals surface area contributed by atoms with Gasteiger partial charge in [0.25, 0.3) is 11.5 Å². The van der Waals surface area contributed by atoms with Gasteiger partial charge in [-0.05, 0) is 30.4 Å². The lowest BCUT2D eigenvalue weighted by Gasteiger charge is -2.21. The van der Waals surface area contributed by atoms with Gasteiger partial charge >= 0.3 is 0 Å². The van der Waals surface area contributed by atoms with Crippen molar-refractivity contribution < 1.29 is 9.90 Å². The molecule has 0 aliphatic heterocycles. The molecule has 4 heterocycles. The Hall–Kier alpha value is -3.69. The highest BCUT2D eigenvalue weighted by molar-refractivity contribution is 5.97. The normalized spacial score (nSPS) is 14.4. The number of aromatic hydroxyl groups is 1. The van der Waals surface area contributed by atoms with Crippen LogP contribution in [0.4, 0.5) is 0 Å². The van der Waals surface area contributed by atoms with E-state index in [0.717, 1.165) is 18.2 Å². The summed E-state index contributed by atoms with van der Waals surface area (Å²) in [4.78, 5) is 30.3. The molecule has 1 aliphatic carbocycles. The Labute approximate surface area is 176 Å². The number of nitrogens with one attached hydrogen (secondary N) is 2. The molecule has 160 valence electrons. The second-order valence-corrected chi connectivity index (χ2v) is 9.17. The molecule has 1 amide bonds. The van der Waals surface area contributed by atoms with Crippen molar-refractivity contribution in [3.63, 3.8) is 0 Å². The topological polar surface area (TPSA) is 130 Å². The highest BCUT2D eigenvalue weighted by atomic mass is 16.3. The summed E-state index contributed by atoms with van der Waals surface area (Å²) >= 11 is 0. The molecular formula is C21H23N7O3. The van der Waals surface area contributed by atoms with Crippen LogP contribution in [0.2, 0.25) is 0 Å². The SMILES string of the molecule is CC(C)(C)Cn1c(=O)c(C(=O)NC2CC2)c(O)n2nc(-c3n[nH]c4ncccc34)cc12. The molecule has 0 unspecified atom stereocenters. The molecule has 10 nitrogen and oxygen atoms in total. The van der Waals surface area contributed by atoms with Gasteiger partial charge in [0.2, 0.25) is 5.88 Å². The summed E-state index contributed by atoms with van der Waals surface area (Å²) < 4.78 is 2.73. The van der Waals surface area contributed by atoms with E-state index >= 15 is 0 Å². The van der Waals surface area contributed by atoms with Gasteiger partial charge in [-0.2, -0.15) is 14.7 Å². The summed E-state index contributed by atoms with van der Waals surface area (Å²) in [6, 6.07) is 5.40. The van der Waals surface area contributed by atoms with Crippen LogP contribution in [0, 0.1) is 5.41 Å². The highest BCUT2D eigenvalue weighted by Gasteiger charge is 2.30. The van der Waals surface area contributed by atoms with Gasteiger partial charge in [0.15, 0.2) is 11.2 Å². The van der Waals surface area contributed by atoms with E-state index in [0.29, 0.717) is 29.2 Å². The number of pyridine rings is 1. The standard InChI is InChI=1S/C21H23N7O3/c1-21(2,3)10-27-14-9-13(16-12-5-4-8-22-17(12)25-24-16)26-28(14)20(31)15(19(27)30)18(29)23-11-6-7-11/h4-5,8-9,11,31H,6-7,10H2,1-3H3,(H,23,29)(H,22,24,25). The van der Waals surface area contributed by atoms with E-state index in [4.69, 9.17) is 0 Å². The quantitative estimate of drug-likeness (QED) is 0.462. The van der Waals surface area contributed by atoms with Crippen LogP contribution in [0.3, 0.4) is 0 Å². The first-order valence-corrected chi connectivity index (χ1v) is 10.2. The predicted molar refractivity (Wildman–Crippen MR) is 114 cm³/mol. The minimum atomic E-state index is -0.582. The third kappa shape index (κ3) is 3.33. The first-order chi connectivity index (χ1) is 14.7. The van der Waals surface area contributed by atoms with Gasteiger partial charge in [-0.1, -0.05) is 20.8 Å². The minimum Gasteiger partial charge on any atom is -0.492 e. The molecule has 31 heavy (non-hydrogen) atoms. The molecule has 3 N–H and O–H groups in total. The molecule has 4 aromatic heterocycles. The maximum atomic E-state index is 13.3. The summed E-state index contributed by atoms with van der Waals surface area (Å²) in [7, 11) is 0. The maximum Gasteiger partial charge on any atom is 0.270 e.